The Labute approximate surface area is 366 Å². The number of nitro benzene ring substituents is 1. The maximum absolute atomic E-state index is 14.6. The molecule has 0 radical (unpaired) electrons. The van der Waals surface area contributed by atoms with Gasteiger partial charge in [-0.2, -0.15) is 0 Å². The number of hydrogen-bond acceptors (Lipinski definition) is 12. The van der Waals surface area contributed by atoms with E-state index in [0.29, 0.717) is 12.8 Å². The van der Waals surface area contributed by atoms with Gasteiger partial charge in [-0.05, 0) is 61.8 Å². The number of amides is 4. The maximum Gasteiger partial charge on any atom is 0.335 e. The first-order valence-corrected chi connectivity index (χ1v) is 21.8. The van der Waals surface area contributed by atoms with E-state index in [4.69, 9.17) is 5.73 Å². The van der Waals surface area contributed by atoms with Crippen LogP contribution in [0.4, 0.5) is 5.69 Å². The lowest BCUT2D eigenvalue weighted by Crippen LogP contribution is -2.59. The molecule has 5 atom stereocenters. The number of esters is 1. The van der Waals surface area contributed by atoms with Gasteiger partial charge < -0.3 is 31.1 Å². The molecule has 1 aromatic carbocycles. The summed E-state index contributed by atoms with van der Waals surface area (Å²) < 4.78 is 4.61. The summed E-state index contributed by atoms with van der Waals surface area (Å²) in [6.07, 6.45) is 9.92. The van der Waals surface area contributed by atoms with Crippen LogP contribution in [0, 0.1) is 39.2 Å². The molecule has 4 rings (SSSR count). The molecule has 2 saturated carbocycles. The van der Waals surface area contributed by atoms with Crippen LogP contribution in [-0.4, -0.2) is 99.6 Å². The van der Waals surface area contributed by atoms with Crippen molar-refractivity contribution in [3.05, 3.63) is 51.6 Å². The van der Waals surface area contributed by atoms with Crippen molar-refractivity contribution in [1.82, 2.24) is 15.5 Å². The number of carboxylic acid groups (broad SMARTS) is 1. The number of methoxy groups -OCH3 is 1. The summed E-state index contributed by atoms with van der Waals surface area (Å²) in [4.78, 5) is 132. The van der Waals surface area contributed by atoms with Crippen molar-refractivity contribution in [2.75, 3.05) is 13.7 Å². The number of benzene rings is 1. The SMILES string of the molecule is COC(=O)/C=C/CC[C@H](CC(=O)c1cc(C(=O)O)cc([N+](=O)[O-])c1)C(=O)N[C@H](C(=O)N1CC(=O)C[C@H]1C(=O)N[C@H](C(=O)C[C@H](C(N)=O)C1CCCCC1)C1CCCCC1)C(C)(C)C. The Balaban J connectivity index is 1.59. The van der Waals surface area contributed by atoms with Gasteiger partial charge >= 0.3 is 11.9 Å². The second-order valence-electron chi connectivity index (χ2n) is 18.2. The fraction of sp³-hybridized carbons (Fsp3) is 0.622. The van der Waals surface area contributed by atoms with Crippen molar-refractivity contribution in [2.24, 2.45) is 34.8 Å². The number of carboxylic acids is 1. The number of nitrogens with one attached hydrogen (secondary N) is 2. The highest BCUT2D eigenvalue weighted by Crippen LogP contribution is 2.35. The average molecular weight is 880 g/mol. The van der Waals surface area contributed by atoms with E-state index in [2.05, 4.69) is 15.4 Å². The van der Waals surface area contributed by atoms with E-state index in [1.165, 1.54) is 13.2 Å². The zero-order valence-electron chi connectivity index (χ0n) is 36.6. The van der Waals surface area contributed by atoms with Crippen LogP contribution >= 0.6 is 0 Å². The molecular weight excluding hydrogens is 819 g/mol. The minimum Gasteiger partial charge on any atom is -0.478 e. The summed E-state index contributed by atoms with van der Waals surface area (Å²) >= 11 is 0. The average Bonchev–Trinajstić information content (AvgIpc) is 3.65. The van der Waals surface area contributed by atoms with E-state index in [9.17, 15) is 58.4 Å². The van der Waals surface area contributed by atoms with E-state index in [1.807, 2.05) is 0 Å². The number of non-ortho nitro benzene ring substituents is 1. The van der Waals surface area contributed by atoms with Crippen molar-refractivity contribution in [3.63, 3.8) is 0 Å². The van der Waals surface area contributed by atoms with E-state index in [1.54, 1.807) is 20.8 Å². The number of nitrogens with two attached hydrogens (primary N) is 1. The molecule has 0 spiro atoms. The summed E-state index contributed by atoms with van der Waals surface area (Å²) in [5.41, 5.74) is 3.29. The predicted molar refractivity (Wildman–Crippen MR) is 227 cm³/mol. The van der Waals surface area contributed by atoms with E-state index in [0.717, 1.165) is 80.5 Å². The second-order valence-corrected chi connectivity index (χ2v) is 18.2. The van der Waals surface area contributed by atoms with Crippen LogP contribution < -0.4 is 16.4 Å². The number of likely N-dealkylation sites (tertiary alicyclic amines) is 1. The Bertz CT molecular complexity index is 1930. The summed E-state index contributed by atoms with van der Waals surface area (Å²) in [6, 6.07) is -1.01. The van der Waals surface area contributed by atoms with Crippen LogP contribution in [0.5, 0.6) is 0 Å². The molecule has 63 heavy (non-hydrogen) atoms. The molecule has 18 heteroatoms. The number of carbonyl (C=O) groups is 9. The number of ether oxygens (including phenoxy) is 1. The topological polar surface area (TPSA) is 280 Å². The van der Waals surface area contributed by atoms with Crippen molar-refractivity contribution in [2.45, 2.75) is 135 Å². The first-order valence-electron chi connectivity index (χ1n) is 21.8. The fourth-order valence-corrected chi connectivity index (χ4v) is 9.00. The summed E-state index contributed by atoms with van der Waals surface area (Å²) in [7, 11) is 1.17. The molecule has 2 aliphatic carbocycles. The molecule has 3 fully saturated rings. The Morgan fingerprint density at radius 1 is 0.921 bits per heavy atom. The quantitative estimate of drug-likeness (QED) is 0.0465. The summed E-state index contributed by atoms with van der Waals surface area (Å²) in [5, 5.41) is 26.7. The van der Waals surface area contributed by atoms with Gasteiger partial charge in [0.25, 0.3) is 5.69 Å². The third-order valence-corrected chi connectivity index (χ3v) is 12.5. The monoisotopic (exact) mass is 879 g/mol. The molecule has 1 heterocycles. The van der Waals surface area contributed by atoms with Crippen LogP contribution in [0.15, 0.2) is 30.4 Å². The highest BCUT2D eigenvalue weighted by atomic mass is 16.6. The number of aromatic carboxylic acids is 1. The Morgan fingerprint density at radius 3 is 2.08 bits per heavy atom. The van der Waals surface area contributed by atoms with Crippen LogP contribution in [0.25, 0.3) is 0 Å². The number of rotatable bonds is 20. The molecule has 5 N–H and O–H groups in total. The van der Waals surface area contributed by atoms with Crippen LogP contribution in [0.2, 0.25) is 0 Å². The molecule has 1 saturated heterocycles. The van der Waals surface area contributed by atoms with Crippen LogP contribution in [-0.2, 0) is 38.3 Å². The predicted octanol–water partition coefficient (Wildman–Crippen LogP) is 4.40. The minimum atomic E-state index is -1.52. The van der Waals surface area contributed by atoms with Crippen molar-refractivity contribution in [1.29, 1.82) is 0 Å². The molecule has 0 bridgehead atoms. The smallest absolute Gasteiger partial charge is 0.335 e. The standard InChI is InChI=1S/C45H61N5O13/c1-45(2,3)39(48-41(56)28(17-11-12-18-37(54)63-4)22-35(52)29-19-30(44(59)60)21-31(20-29)50(61)62)43(58)49-25-32(51)23-34(49)42(57)47-38(27-15-9-6-10-16-27)36(53)24-33(40(46)55)26-13-7-5-8-14-26/h12,18-21,26-28,33-34,38-39H,5-11,13-17,22-25H2,1-4H3,(H2,46,55)(H,47,57)(H,48,56)(H,59,60)/b18-12+/t28-,33+,34+,38+,39-/m1/s1. The van der Waals surface area contributed by atoms with Crippen LogP contribution in [0.1, 0.15) is 138 Å². The maximum atomic E-state index is 14.6. The van der Waals surface area contributed by atoms with Crippen molar-refractivity contribution in [3.8, 4) is 0 Å². The first-order chi connectivity index (χ1) is 29.7. The molecule has 0 aromatic heterocycles. The van der Waals surface area contributed by atoms with Crippen molar-refractivity contribution < 1.29 is 57.9 Å². The molecule has 3 aliphatic rings. The molecule has 1 aliphatic heterocycles. The van der Waals surface area contributed by atoms with Crippen LogP contribution in [0.3, 0.4) is 0 Å². The molecule has 18 nitrogen and oxygen atoms in total. The van der Waals surface area contributed by atoms with Gasteiger partial charge in [-0.15, -0.1) is 0 Å². The largest absolute Gasteiger partial charge is 0.478 e. The molecule has 4 amide bonds. The van der Waals surface area contributed by atoms with Crippen molar-refractivity contribution >= 4 is 58.6 Å². The number of Topliss-reactive ketones (excluding diaryl/α,β-unsaturated/α-hetero) is 3. The zero-order valence-corrected chi connectivity index (χ0v) is 36.6. The minimum absolute atomic E-state index is 0.0355. The van der Waals surface area contributed by atoms with E-state index >= 15 is 0 Å². The normalized spacial score (nSPS) is 19.4. The third kappa shape index (κ3) is 13.8. The highest BCUT2D eigenvalue weighted by molar-refractivity contribution is 6.04. The van der Waals surface area contributed by atoms with E-state index in [-0.39, 0.29) is 48.9 Å². The zero-order chi connectivity index (χ0) is 46.6. The fourth-order valence-electron chi connectivity index (χ4n) is 9.00. The third-order valence-electron chi connectivity index (χ3n) is 12.5. The summed E-state index contributed by atoms with van der Waals surface area (Å²) in [5.74, 6) is -8.75. The van der Waals surface area contributed by atoms with Gasteiger partial charge in [0.1, 0.15) is 12.1 Å². The van der Waals surface area contributed by atoms with Gasteiger partial charge in [0, 0.05) is 54.9 Å². The van der Waals surface area contributed by atoms with Gasteiger partial charge in [-0.25, -0.2) is 9.59 Å². The van der Waals surface area contributed by atoms with Gasteiger partial charge in [-0.1, -0.05) is 65.4 Å². The Morgan fingerprint density at radius 2 is 1.52 bits per heavy atom. The number of carbonyl (C=O) groups excluding carboxylic acids is 8. The molecular formula is C45H61N5O13. The number of allylic oxidation sites excluding steroid dienone is 1. The molecule has 0 unspecified atom stereocenters. The van der Waals surface area contributed by atoms with Gasteiger partial charge in [0.2, 0.25) is 23.6 Å². The van der Waals surface area contributed by atoms with Gasteiger partial charge in [0.05, 0.1) is 30.2 Å². The van der Waals surface area contributed by atoms with Gasteiger partial charge in [-0.3, -0.25) is 43.7 Å². The first kappa shape index (κ1) is 49.8. The lowest BCUT2D eigenvalue weighted by atomic mass is 9.75. The molecule has 1 aromatic rings. The number of hydrogen-bond donors (Lipinski definition) is 4. The number of primary amides is 1. The molecule has 344 valence electrons. The number of nitrogens with zero attached hydrogens (tertiary/aromatic N) is 2. The summed E-state index contributed by atoms with van der Waals surface area (Å²) in [6.45, 7) is 4.50. The number of nitro groups is 1. The number of ketones is 3. The highest BCUT2D eigenvalue weighted by Gasteiger charge is 2.46. The lowest BCUT2D eigenvalue weighted by molar-refractivity contribution is -0.384. The Hall–Kier alpha value is -5.81. The van der Waals surface area contributed by atoms with Gasteiger partial charge in [0.15, 0.2) is 17.3 Å². The second kappa shape index (κ2) is 22.5. The van der Waals surface area contributed by atoms with E-state index < -0.39 is 112 Å². The lowest BCUT2D eigenvalue weighted by Gasteiger charge is -2.37. The Kier molecular flexibility index (Phi) is 17.8.